The smallest absolute Gasteiger partial charge is 0.337 e. The number of carbonyl (C=O) groups is 1. The molecule has 2 aliphatic rings. The summed E-state index contributed by atoms with van der Waals surface area (Å²) >= 11 is 0. The van der Waals surface area contributed by atoms with Gasteiger partial charge >= 0.3 is 5.97 Å². The first-order chi connectivity index (χ1) is 12.1. The molecule has 1 aliphatic heterocycles. The van der Waals surface area contributed by atoms with E-state index in [1.807, 2.05) is 0 Å². The number of hydrogen-bond acceptors (Lipinski definition) is 8. The van der Waals surface area contributed by atoms with Crippen molar-refractivity contribution in [2.45, 2.75) is 42.7 Å². The molecule has 0 atom stereocenters. The Morgan fingerprint density at radius 3 is 2.42 bits per heavy atom. The summed E-state index contributed by atoms with van der Waals surface area (Å²) in [5.41, 5.74) is 10.8. The number of nitrogens with two attached hydrogens (primary N) is 2. The molecule has 11 heteroatoms. The highest BCUT2D eigenvalue weighted by Crippen LogP contribution is 2.41. The zero-order valence-corrected chi connectivity index (χ0v) is 14.6. The average Bonchev–Trinajstić information content (AvgIpc) is 2.53. The van der Waals surface area contributed by atoms with Crippen molar-refractivity contribution in [1.29, 1.82) is 0 Å². The van der Waals surface area contributed by atoms with Crippen LogP contribution < -0.4 is 16.4 Å². The number of anilines is 1. The fourth-order valence-electron chi connectivity index (χ4n) is 3.51. The van der Waals surface area contributed by atoms with Gasteiger partial charge in [0.2, 0.25) is 11.9 Å². The Morgan fingerprint density at radius 2 is 1.85 bits per heavy atom. The Labute approximate surface area is 150 Å². The zero-order valence-electron chi connectivity index (χ0n) is 13.8. The summed E-state index contributed by atoms with van der Waals surface area (Å²) in [6.45, 7) is 0. The highest BCUT2D eigenvalue weighted by Gasteiger charge is 2.43. The molecule has 1 aromatic carbocycles. The maximum atomic E-state index is 11.7. The molecular formula is C15H19N5O5S. The van der Waals surface area contributed by atoms with Crippen molar-refractivity contribution in [3.8, 4) is 0 Å². The Balaban J connectivity index is 2.20. The Hall–Kier alpha value is -2.66. The second kappa shape index (κ2) is 6.25. The number of nitrogens with zero attached hydrogens (tertiary/aromatic N) is 3. The van der Waals surface area contributed by atoms with Crippen LogP contribution >= 0.6 is 0 Å². The van der Waals surface area contributed by atoms with E-state index in [1.54, 1.807) is 0 Å². The number of guanidine groups is 2. The molecule has 26 heavy (non-hydrogen) atoms. The van der Waals surface area contributed by atoms with Gasteiger partial charge in [-0.3, -0.25) is 9.45 Å². The van der Waals surface area contributed by atoms with E-state index in [4.69, 9.17) is 11.5 Å². The summed E-state index contributed by atoms with van der Waals surface area (Å²) in [5, 5.41) is 9.57. The molecule has 1 spiro atoms. The third kappa shape index (κ3) is 3.10. The van der Waals surface area contributed by atoms with Gasteiger partial charge < -0.3 is 16.6 Å². The van der Waals surface area contributed by atoms with Gasteiger partial charge in [-0.25, -0.2) is 9.79 Å². The van der Waals surface area contributed by atoms with Crippen LogP contribution in [0.25, 0.3) is 0 Å². The lowest BCUT2D eigenvalue weighted by Crippen LogP contribution is -2.58. The first-order valence-corrected chi connectivity index (χ1v) is 9.43. The van der Waals surface area contributed by atoms with Crippen LogP contribution in [0.2, 0.25) is 0 Å². The Bertz CT molecular complexity index is 918. The SMILES string of the molecule is NC1=NC2(CCCCC2)N(c2ccc(S(=O)(=O)O)cc2C(=O)O)C(N)=N1. The lowest BCUT2D eigenvalue weighted by Gasteiger charge is -2.46. The molecule has 1 aromatic rings. The summed E-state index contributed by atoms with van der Waals surface area (Å²) in [6.07, 6.45) is 3.92. The van der Waals surface area contributed by atoms with Crippen molar-refractivity contribution >= 4 is 33.7 Å². The molecule has 0 unspecified atom stereocenters. The molecule has 1 heterocycles. The minimum atomic E-state index is -4.55. The topological polar surface area (TPSA) is 172 Å². The molecule has 0 radical (unpaired) electrons. The van der Waals surface area contributed by atoms with E-state index < -0.39 is 26.6 Å². The molecule has 3 rings (SSSR count). The molecule has 6 N–H and O–H groups in total. The predicted octanol–water partition coefficient (Wildman–Crippen LogP) is 0.741. The zero-order chi connectivity index (χ0) is 19.1. The number of carboxylic acid groups (broad SMARTS) is 1. The third-order valence-corrected chi connectivity index (χ3v) is 5.44. The van der Waals surface area contributed by atoms with Crippen molar-refractivity contribution in [2.75, 3.05) is 4.90 Å². The molecule has 10 nitrogen and oxygen atoms in total. The number of benzene rings is 1. The fourth-order valence-corrected chi connectivity index (χ4v) is 4.02. The minimum Gasteiger partial charge on any atom is -0.478 e. The van der Waals surface area contributed by atoms with E-state index in [2.05, 4.69) is 9.98 Å². The van der Waals surface area contributed by atoms with Crippen LogP contribution in [0, 0.1) is 0 Å². The van der Waals surface area contributed by atoms with E-state index in [1.165, 1.54) is 11.0 Å². The lowest BCUT2D eigenvalue weighted by atomic mass is 9.87. The molecule has 1 saturated carbocycles. The average molecular weight is 381 g/mol. The molecule has 0 bridgehead atoms. The number of carboxylic acids is 1. The van der Waals surface area contributed by atoms with E-state index >= 15 is 0 Å². The van der Waals surface area contributed by atoms with Crippen molar-refractivity contribution < 1.29 is 22.9 Å². The van der Waals surface area contributed by atoms with Crippen LogP contribution in [0.1, 0.15) is 42.5 Å². The van der Waals surface area contributed by atoms with Crippen LogP contribution in [-0.4, -0.2) is 41.6 Å². The van der Waals surface area contributed by atoms with Crippen LogP contribution in [-0.2, 0) is 10.1 Å². The number of hydrogen-bond donors (Lipinski definition) is 4. The number of rotatable bonds is 3. The van der Waals surface area contributed by atoms with Crippen LogP contribution in [0.4, 0.5) is 5.69 Å². The van der Waals surface area contributed by atoms with E-state index in [-0.39, 0.29) is 23.2 Å². The second-order valence-corrected chi connectivity index (χ2v) is 7.70. The van der Waals surface area contributed by atoms with Gasteiger partial charge in [-0.05, 0) is 43.9 Å². The number of aromatic carboxylic acids is 1. The highest BCUT2D eigenvalue weighted by atomic mass is 32.2. The van der Waals surface area contributed by atoms with Gasteiger partial charge in [0.05, 0.1) is 16.1 Å². The lowest BCUT2D eigenvalue weighted by molar-refractivity contribution is 0.0697. The van der Waals surface area contributed by atoms with Gasteiger partial charge in [-0.1, -0.05) is 6.42 Å². The quantitative estimate of drug-likeness (QED) is 0.555. The van der Waals surface area contributed by atoms with Gasteiger partial charge in [0.25, 0.3) is 10.1 Å². The maximum absolute atomic E-state index is 11.7. The first kappa shape index (κ1) is 18.1. The van der Waals surface area contributed by atoms with Crippen LogP contribution in [0.15, 0.2) is 33.1 Å². The Kier molecular flexibility index (Phi) is 4.36. The van der Waals surface area contributed by atoms with Crippen molar-refractivity contribution in [3.63, 3.8) is 0 Å². The molecule has 0 amide bonds. The summed E-state index contributed by atoms with van der Waals surface area (Å²) in [7, 11) is -4.55. The van der Waals surface area contributed by atoms with Crippen molar-refractivity contribution in [1.82, 2.24) is 0 Å². The molecule has 140 valence electrons. The first-order valence-electron chi connectivity index (χ1n) is 7.99. The molecule has 0 aromatic heterocycles. The molecule has 1 fully saturated rings. The molecular weight excluding hydrogens is 362 g/mol. The summed E-state index contributed by atoms with van der Waals surface area (Å²) in [4.78, 5) is 21.1. The van der Waals surface area contributed by atoms with Crippen molar-refractivity contribution in [2.24, 2.45) is 21.5 Å². The van der Waals surface area contributed by atoms with E-state index in [9.17, 15) is 22.9 Å². The predicted molar refractivity (Wildman–Crippen MR) is 94.8 cm³/mol. The monoisotopic (exact) mass is 381 g/mol. The summed E-state index contributed by atoms with van der Waals surface area (Å²) in [6, 6.07) is 3.28. The highest BCUT2D eigenvalue weighted by molar-refractivity contribution is 7.85. The third-order valence-electron chi connectivity index (χ3n) is 4.59. The van der Waals surface area contributed by atoms with Gasteiger partial charge in [0, 0.05) is 0 Å². The standard InChI is InChI=1S/C15H19N5O5S/c16-13-18-14(17)20(15(19-13)6-2-1-3-7-15)11-5-4-9(26(23,24)25)8-10(11)12(21)22/h4-5,8H,1-3,6-7H2,(H,21,22)(H,23,24,25)(H4,16,17,18,19). The van der Waals surface area contributed by atoms with E-state index in [0.29, 0.717) is 12.8 Å². The normalized spacial score (nSPS) is 19.8. The fraction of sp³-hybridized carbons (Fsp3) is 0.400. The minimum absolute atomic E-state index is 0.0125. The van der Waals surface area contributed by atoms with Gasteiger partial charge in [0.1, 0.15) is 5.66 Å². The van der Waals surface area contributed by atoms with Crippen LogP contribution in [0.3, 0.4) is 0 Å². The second-order valence-electron chi connectivity index (χ2n) is 6.28. The van der Waals surface area contributed by atoms with E-state index in [0.717, 1.165) is 31.4 Å². The summed E-state index contributed by atoms with van der Waals surface area (Å²) < 4.78 is 31.9. The van der Waals surface area contributed by atoms with Gasteiger partial charge in [-0.2, -0.15) is 13.4 Å². The van der Waals surface area contributed by atoms with Crippen LogP contribution in [0.5, 0.6) is 0 Å². The van der Waals surface area contributed by atoms with Crippen molar-refractivity contribution in [3.05, 3.63) is 23.8 Å². The molecule has 0 saturated heterocycles. The number of aliphatic imine (C=N–C) groups is 2. The largest absolute Gasteiger partial charge is 0.478 e. The van der Waals surface area contributed by atoms with Gasteiger partial charge in [0.15, 0.2) is 0 Å². The summed E-state index contributed by atoms with van der Waals surface area (Å²) in [5.74, 6) is -1.36. The maximum Gasteiger partial charge on any atom is 0.337 e. The molecule has 1 aliphatic carbocycles. The van der Waals surface area contributed by atoms with Gasteiger partial charge in [-0.15, -0.1) is 0 Å². The Morgan fingerprint density at radius 1 is 1.19 bits per heavy atom.